The Kier molecular flexibility index (Phi) is 8.88. The minimum Gasteiger partial charge on any atom is -0.444 e. The smallest absolute Gasteiger partial charge is 0.412 e. The fourth-order valence-electron chi connectivity index (χ4n) is 5.18. The first kappa shape index (κ1) is 32.0. The highest BCUT2D eigenvalue weighted by molar-refractivity contribution is 7.99. The number of benzene rings is 3. The maximum absolute atomic E-state index is 13.6. The topological polar surface area (TPSA) is 118 Å². The third-order valence-electron chi connectivity index (χ3n) is 7.76. The van der Waals surface area contributed by atoms with Crippen LogP contribution in [0.3, 0.4) is 0 Å². The molecule has 6 rings (SSSR count). The van der Waals surface area contributed by atoms with Crippen molar-refractivity contribution >= 4 is 52.0 Å². The Hall–Kier alpha value is -4.96. The van der Waals surface area contributed by atoms with Gasteiger partial charge < -0.3 is 15.4 Å². The molecule has 0 saturated heterocycles. The molecule has 240 valence electrons. The maximum Gasteiger partial charge on any atom is 0.412 e. The molecule has 0 radical (unpaired) electrons. The average Bonchev–Trinajstić information content (AvgIpc) is 3.82. The molecule has 5 aromatic rings. The summed E-state index contributed by atoms with van der Waals surface area (Å²) in [4.78, 5) is 41.4. The Morgan fingerprint density at radius 2 is 1.66 bits per heavy atom. The molecule has 1 aliphatic carbocycles. The minimum atomic E-state index is -0.588. The van der Waals surface area contributed by atoms with Crippen molar-refractivity contribution in [2.24, 2.45) is 0 Å². The summed E-state index contributed by atoms with van der Waals surface area (Å²) in [5.41, 5.74) is 3.63. The zero-order valence-electron chi connectivity index (χ0n) is 27.1. The number of fused-ring (bicyclic) bond motifs is 1. The summed E-state index contributed by atoms with van der Waals surface area (Å²) in [6.07, 6.45) is 2.79. The van der Waals surface area contributed by atoms with Crippen molar-refractivity contribution < 1.29 is 14.3 Å². The van der Waals surface area contributed by atoms with E-state index in [4.69, 9.17) is 9.72 Å². The zero-order valence-corrected chi connectivity index (χ0v) is 27.9. The second-order valence-electron chi connectivity index (χ2n) is 13.0. The first-order valence-electron chi connectivity index (χ1n) is 15.7. The van der Waals surface area contributed by atoms with E-state index in [1.165, 1.54) is 18.1 Å². The number of ether oxygens (including phenoxy) is 1. The lowest BCUT2D eigenvalue weighted by atomic mass is 10.0. The van der Waals surface area contributed by atoms with Gasteiger partial charge in [-0.3, -0.25) is 10.1 Å². The number of carbonyl (C=O) groups is 2. The highest BCUT2D eigenvalue weighted by Gasteiger charge is 2.45. The Balaban J connectivity index is 1.29. The largest absolute Gasteiger partial charge is 0.444 e. The first-order valence-corrected chi connectivity index (χ1v) is 16.5. The van der Waals surface area contributed by atoms with E-state index in [-0.39, 0.29) is 17.4 Å². The minimum absolute atomic E-state index is 0.140. The predicted molar refractivity (Wildman–Crippen MR) is 186 cm³/mol. The standard InChI is InChI=1S/C37H38N6O3S/c1-23(2)29-17-16-28-32(41-29)38-22-39-33(28)42-30-21-24(34(44)43-37(19-20-37)25-9-7-6-8-10-25)11-18-31(30)47-27-14-12-26(13-15-27)40-35(45)46-36(3,4)5/h6-18,21-23H,19-20H2,1-5H3,(H,40,45)(H,43,44)(H,38,39,41,42). The lowest BCUT2D eigenvalue weighted by molar-refractivity contribution is 0.0635. The van der Waals surface area contributed by atoms with Crippen molar-refractivity contribution in [3.63, 3.8) is 0 Å². The highest BCUT2D eigenvalue weighted by atomic mass is 32.2. The van der Waals surface area contributed by atoms with Gasteiger partial charge in [-0.2, -0.15) is 0 Å². The van der Waals surface area contributed by atoms with Crippen LogP contribution in [0.1, 0.15) is 75.0 Å². The van der Waals surface area contributed by atoms with Crippen LogP contribution in [0.2, 0.25) is 0 Å². The Labute approximate surface area is 279 Å². The molecule has 3 N–H and O–H groups in total. The van der Waals surface area contributed by atoms with Crippen LogP contribution in [0.4, 0.5) is 22.0 Å². The molecule has 0 bridgehead atoms. The van der Waals surface area contributed by atoms with E-state index in [0.717, 1.165) is 45.0 Å². The van der Waals surface area contributed by atoms with Crippen LogP contribution in [-0.2, 0) is 10.3 Å². The van der Waals surface area contributed by atoms with Crippen LogP contribution in [0, 0.1) is 0 Å². The maximum atomic E-state index is 13.6. The number of nitrogens with zero attached hydrogens (tertiary/aromatic N) is 3. The van der Waals surface area contributed by atoms with Crippen molar-refractivity contribution in [1.82, 2.24) is 20.3 Å². The number of hydrogen-bond acceptors (Lipinski definition) is 8. The Morgan fingerprint density at radius 3 is 2.34 bits per heavy atom. The van der Waals surface area contributed by atoms with Gasteiger partial charge in [-0.1, -0.05) is 55.9 Å². The van der Waals surface area contributed by atoms with E-state index in [0.29, 0.717) is 22.7 Å². The third-order valence-corrected chi connectivity index (χ3v) is 8.85. The van der Waals surface area contributed by atoms with Gasteiger partial charge >= 0.3 is 6.09 Å². The molecule has 0 unspecified atom stereocenters. The van der Waals surface area contributed by atoms with Gasteiger partial charge in [-0.05, 0) is 99.7 Å². The fraction of sp³-hybridized carbons (Fsp3) is 0.270. The van der Waals surface area contributed by atoms with Gasteiger partial charge in [0.15, 0.2) is 5.65 Å². The van der Waals surface area contributed by atoms with Crippen molar-refractivity contribution in [1.29, 1.82) is 0 Å². The second kappa shape index (κ2) is 13.0. The number of amides is 2. The van der Waals surface area contributed by atoms with Gasteiger partial charge in [0, 0.05) is 26.7 Å². The molecule has 2 amide bonds. The lowest BCUT2D eigenvalue weighted by Crippen LogP contribution is -2.34. The molecule has 1 fully saturated rings. The fourth-order valence-corrected chi connectivity index (χ4v) is 6.06. The van der Waals surface area contributed by atoms with Gasteiger partial charge in [0.1, 0.15) is 17.7 Å². The number of carbonyl (C=O) groups excluding carboxylic acids is 2. The van der Waals surface area contributed by atoms with E-state index in [9.17, 15) is 9.59 Å². The number of pyridine rings is 1. The van der Waals surface area contributed by atoms with Gasteiger partial charge in [0.2, 0.25) is 0 Å². The first-order chi connectivity index (χ1) is 22.5. The third kappa shape index (κ3) is 7.72. The van der Waals surface area contributed by atoms with E-state index in [1.54, 1.807) is 0 Å². The second-order valence-corrected chi connectivity index (χ2v) is 14.1. The molecule has 3 aromatic carbocycles. The van der Waals surface area contributed by atoms with Crippen LogP contribution in [0.15, 0.2) is 101 Å². The molecule has 0 aliphatic heterocycles. The number of hydrogen-bond donors (Lipinski definition) is 3. The van der Waals surface area contributed by atoms with Crippen LogP contribution in [-0.4, -0.2) is 32.6 Å². The van der Waals surface area contributed by atoms with Crippen molar-refractivity contribution in [2.45, 2.75) is 74.3 Å². The monoisotopic (exact) mass is 646 g/mol. The summed E-state index contributed by atoms with van der Waals surface area (Å²) in [6.45, 7) is 9.66. The van der Waals surface area contributed by atoms with Crippen LogP contribution in [0.25, 0.3) is 11.0 Å². The van der Waals surface area contributed by atoms with Crippen LogP contribution >= 0.6 is 11.8 Å². The molecule has 1 aliphatic rings. The SMILES string of the molecule is CC(C)c1ccc2c(Nc3cc(C(=O)NC4(c5ccccc5)CC4)ccc3Sc3ccc(NC(=O)OC(C)(C)C)cc3)ncnc2n1. The van der Waals surface area contributed by atoms with E-state index < -0.39 is 11.7 Å². The highest BCUT2D eigenvalue weighted by Crippen LogP contribution is 2.46. The van der Waals surface area contributed by atoms with Crippen LogP contribution < -0.4 is 16.0 Å². The van der Waals surface area contributed by atoms with E-state index >= 15 is 0 Å². The van der Waals surface area contributed by atoms with Crippen molar-refractivity contribution in [3.8, 4) is 0 Å². The van der Waals surface area contributed by atoms with Crippen molar-refractivity contribution in [3.05, 3.63) is 108 Å². The number of aromatic nitrogens is 3. The summed E-state index contributed by atoms with van der Waals surface area (Å²) in [5.74, 6) is 0.719. The number of nitrogens with one attached hydrogen (secondary N) is 3. The molecule has 0 atom stereocenters. The molecule has 47 heavy (non-hydrogen) atoms. The molecule has 2 aromatic heterocycles. The summed E-state index contributed by atoms with van der Waals surface area (Å²) < 4.78 is 5.37. The quantitative estimate of drug-likeness (QED) is 0.145. The lowest BCUT2D eigenvalue weighted by Gasteiger charge is -2.20. The Bertz CT molecular complexity index is 1920. The molecule has 9 nitrogen and oxygen atoms in total. The van der Waals surface area contributed by atoms with Crippen molar-refractivity contribution in [2.75, 3.05) is 10.6 Å². The van der Waals surface area contributed by atoms with Gasteiger partial charge in [0.05, 0.1) is 16.6 Å². The molecule has 0 spiro atoms. The summed E-state index contributed by atoms with van der Waals surface area (Å²) in [7, 11) is 0. The normalized spacial score (nSPS) is 13.7. The van der Waals surface area contributed by atoms with E-state index in [1.807, 2.05) is 93.6 Å². The molecule has 1 saturated carbocycles. The van der Waals surface area contributed by atoms with E-state index in [2.05, 4.69) is 51.9 Å². The van der Waals surface area contributed by atoms with Crippen LogP contribution in [0.5, 0.6) is 0 Å². The molecular weight excluding hydrogens is 609 g/mol. The number of rotatable bonds is 9. The van der Waals surface area contributed by atoms with Gasteiger partial charge in [0.25, 0.3) is 5.91 Å². The summed E-state index contributed by atoms with van der Waals surface area (Å²) >= 11 is 1.53. The number of anilines is 3. The summed E-state index contributed by atoms with van der Waals surface area (Å²) in [5, 5.41) is 10.3. The molecule has 2 heterocycles. The predicted octanol–water partition coefficient (Wildman–Crippen LogP) is 8.81. The summed E-state index contributed by atoms with van der Waals surface area (Å²) in [6, 6.07) is 27.2. The van der Waals surface area contributed by atoms with Gasteiger partial charge in [-0.25, -0.2) is 19.7 Å². The molecule has 10 heteroatoms. The average molecular weight is 647 g/mol. The van der Waals surface area contributed by atoms with Gasteiger partial charge in [-0.15, -0.1) is 0 Å². The Morgan fingerprint density at radius 1 is 0.915 bits per heavy atom. The zero-order chi connectivity index (χ0) is 33.2. The molecular formula is C37H38N6O3S.